The Morgan fingerprint density at radius 1 is 0.815 bits per heavy atom. The van der Waals surface area contributed by atoms with Gasteiger partial charge < -0.3 is 4.90 Å². The number of rotatable bonds is 3. The summed E-state index contributed by atoms with van der Waals surface area (Å²) >= 11 is 0. The van der Waals surface area contributed by atoms with Crippen LogP contribution in [0.1, 0.15) is 61.1 Å². The van der Waals surface area contributed by atoms with Crippen LogP contribution in [-0.4, -0.2) is 24.0 Å². The van der Waals surface area contributed by atoms with Gasteiger partial charge in [-0.25, -0.2) is 0 Å². The highest BCUT2D eigenvalue weighted by Gasteiger charge is 2.42. The van der Waals surface area contributed by atoms with E-state index in [9.17, 15) is 0 Å². The fourth-order valence-electron chi connectivity index (χ4n) is 6.41. The third kappa shape index (κ3) is 3.25. The maximum absolute atomic E-state index is 2.86. The highest BCUT2D eigenvalue weighted by Crippen LogP contribution is 2.48. The molecule has 5 rings (SSSR count). The minimum absolute atomic E-state index is 0.719. The van der Waals surface area contributed by atoms with Gasteiger partial charge in [0, 0.05) is 6.04 Å². The standard InChI is InChI=1S/C26H33N/c1-18-7-10-23(19(2)15-18)25-6-4-3-5-24(25)21-11-13-27(14-12-21)26-17-20-8-9-22(26)16-20/h3-7,10,15,20-22,26H,8-9,11-14,16-17H2,1-2H3/t20-,22-,26-/m0/s1. The highest BCUT2D eigenvalue weighted by molar-refractivity contribution is 5.71. The summed E-state index contributed by atoms with van der Waals surface area (Å²) < 4.78 is 0. The molecule has 1 nitrogen and oxygen atoms in total. The van der Waals surface area contributed by atoms with Gasteiger partial charge in [0.05, 0.1) is 0 Å². The first kappa shape index (κ1) is 17.5. The first-order valence-electron chi connectivity index (χ1n) is 11.1. The van der Waals surface area contributed by atoms with Crippen LogP contribution in [0, 0.1) is 25.7 Å². The van der Waals surface area contributed by atoms with Gasteiger partial charge in [0.15, 0.2) is 0 Å². The van der Waals surface area contributed by atoms with E-state index >= 15 is 0 Å². The SMILES string of the molecule is Cc1ccc(-c2ccccc2C2CCN([C@H]3C[C@H]4CC[C@H]3C4)CC2)c(C)c1. The Morgan fingerprint density at radius 2 is 1.63 bits per heavy atom. The molecular formula is C26H33N. The van der Waals surface area contributed by atoms with Crippen LogP contribution < -0.4 is 0 Å². The number of aryl methyl sites for hydroxylation is 2. The predicted octanol–water partition coefficient (Wildman–Crippen LogP) is 6.34. The van der Waals surface area contributed by atoms with Crippen molar-refractivity contribution < 1.29 is 0 Å². The summed E-state index contributed by atoms with van der Waals surface area (Å²) in [4.78, 5) is 2.86. The molecule has 2 aromatic rings. The summed E-state index contributed by atoms with van der Waals surface area (Å²) in [6.45, 7) is 7.06. The van der Waals surface area contributed by atoms with Crippen molar-refractivity contribution in [2.45, 2.75) is 64.3 Å². The zero-order valence-electron chi connectivity index (χ0n) is 17.0. The molecule has 3 fully saturated rings. The van der Waals surface area contributed by atoms with Crippen molar-refractivity contribution in [1.29, 1.82) is 0 Å². The fraction of sp³-hybridized carbons (Fsp3) is 0.538. The summed E-state index contributed by atoms with van der Waals surface area (Å²) in [5, 5.41) is 0. The number of piperidine rings is 1. The molecule has 3 atom stereocenters. The van der Waals surface area contributed by atoms with E-state index in [1.807, 2.05) is 0 Å². The van der Waals surface area contributed by atoms with Crippen molar-refractivity contribution in [3.8, 4) is 11.1 Å². The number of hydrogen-bond donors (Lipinski definition) is 0. The van der Waals surface area contributed by atoms with Crippen LogP contribution in [0.25, 0.3) is 11.1 Å². The lowest BCUT2D eigenvalue weighted by molar-refractivity contribution is 0.111. The van der Waals surface area contributed by atoms with E-state index in [-0.39, 0.29) is 0 Å². The monoisotopic (exact) mass is 359 g/mol. The van der Waals surface area contributed by atoms with Crippen molar-refractivity contribution >= 4 is 0 Å². The molecule has 1 heteroatoms. The first-order valence-corrected chi connectivity index (χ1v) is 11.1. The van der Waals surface area contributed by atoms with Gasteiger partial charge in [-0.05, 0) is 99.0 Å². The van der Waals surface area contributed by atoms with Crippen LogP contribution in [0.15, 0.2) is 42.5 Å². The third-order valence-electron chi connectivity index (χ3n) is 7.77. The molecule has 0 amide bonds. The molecule has 2 aliphatic carbocycles. The Labute approximate surface area is 164 Å². The molecule has 1 heterocycles. The van der Waals surface area contributed by atoms with Gasteiger partial charge in [0.2, 0.25) is 0 Å². The number of benzene rings is 2. The number of hydrogen-bond acceptors (Lipinski definition) is 1. The number of fused-ring (bicyclic) bond motifs is 2. The van der Waals surface area contributed by atoms with Crippen molar-refractivity contribution in [2.75, 3.05) is 13.1 Å². The fourth-order valence-corrected chi connectivity index (χ4v) is 6.41. The van der Waals surface area contributed by atoms with Gasteiger partial charge in [-0.2, -0.15) is 0 Å². The van der Waals surface area contributed by atoms with Crippen molar-refractivity contribution in [3.63, 3.8) is 0 Å². The maximum Gasteiger partial charge on any atom is 0.0126 e. The lowest BCUT2D eigenvalue weighted by Crippen LogP contribution is -2.43. The average Bonchev–Trinajstić information content (AvgIpc) is 3.32. The Bertz CT molecular complexity index is 815. The Kier molecular flexibility index (Phi) is 4.60. The average molecular weight is 360 g/mol. The maximum atomic E-state index is 2.86. The van der Waals surface area contributed by atoms with Crippen LogP contribution in [0.4, 0.5) is 0 Å². The van der Waals surface area contributed by atoms with Gasteiger partial charge in [0.1, 0.15) is 0 Å². The highest BCUT2D eigenvalue weighted by atomic mass is 15.2. The normalized spacial score (nSPS) is 28.7. The number of nitrogens with zero attached hydrogens (tertiary/aromatic N) is 1. The minimum Gasteiger partial charge on any atom is -0.300 e. The van der Waals surface area contributed by atoms with Crippen LogP contribution >= 0.6 is 0 Å². The van der Waals surface area contributed by atoms with E-state index in [0.717, 1.165) is 23.8 Å². The largest absolute Gasteiger partial charge is 0.300 e. The second kappa shape index (κ2) is 7.09. The quantitative estimate of drug-likeness (QED) is 0.618. The molecule has 1 aliphatic heterocycles. The lowest BCUT2D eigenvalue weighted by Gasteiger charge is -2.40. The van der Waals surface area contributed by atoms with E-state index < -0.39 is 0 Å². The van der Waals surface area contributed by atoms with E-state index in [1.165, 1.54) is 73.9 Å². The zero-order chi connectivity index (χ0) is 18.4. The molecule has 2 saturated carbocycles. The molecule has 2 bridgehead atoms. The van der Waals surface area contributed by atoms with E-state index in [4.69, 9.17) is 0 Å². The van der Waals surface area contributed by atoms with Gasteiger partial charge >= 0.3 is 0 Å². The van der Waals surface area contributed by atoms with Crippen molar-refractivity contribution in [1.82, 2.24) is 4.90 Å². The third-order valence-corrected chi connectivity index (χ3v) is 7.77. The zero-order valence-corrected chi connectivity index (χ0v) is 17.0. The van der Waals surface area contributed by atoms with Crippen LogP contribution in [-0.2, 0) is 0 Å². The summed E-state index contributed by atoms with van der Waals surface area (Å²) in [5.74, 6) is 2.80. The molecule has 0 radical (unpaired) electrons. The Balaban J connectivity index is 1.34. The summed E-state index contributed by atoms with van der Waals surface area (Å²) in [6, 6.07) is 17.0. The Hall–Kier alpha value is -1.60. The molecule has 3 aliphatic rings. The lowest BCUT2D eigenvalue weighted by atomic mass is 9.82. The van der Waals surface area contributed by atoms with E-state index in [2.05, 4.69) is 61.2 Å². The van der Waals surface area contributed by atoms with Crippen molar-refractivity contribution in [2.24, 2.45) is 11.8 Å². The summed E-state index contributed by atoms with van der Waals surface area (Å²) in [7, 11) is 0. The molecule has 0 unspecified atom stereocenters. The number of likely N-dealkylation sites (tertiary alicyclic amines) is 1. The summed E-state index contributed by atoms with van der Waals surface area (Å²) in [6.07, 6.45) is 8.70. The molecule has 2 aromatic carbocycles. The molecule has 1 saturated heterocycles. The predicted molar refractivity (Wildman–Crippen MR) is 114 cm³/mol. The molecule has 0 aromatic heterocycles. The van der Waals surface area contributed by atoms with Gasteiger partial charge in [-0.3, -0.25) is 0 Å². The van der Waals surface area contributed by atoms with Crippen LogP contribution in [0.2, 0.25) is 0 Å². The van der Waals surface area contributed by atoms with Crippen LogP contribution in [0.5, 0.6) is 0 Å². The molecule has 142 valence electrons. The first-order chi connectivity index (χ1) is 13.2. The molecular weight excluding hydrogens is 326 g/mol. The van der Waals surface area contributed by atoms with E-state index in [0.29, 0.717) is 0 Å². The molecule has 0 spiro atoms. The topological polar surface area (TPSA) is 3.24 Å². The second-order valence-electron chi connectivity index (χ2n) is 9.46. The molecule has 27 heavy (non-hydrogen) atoms. The summed E-state index contributed by atoms with van der Waals surface area (Å²) in [5.41, 5.74) is 7.23. The smallest absolute Gasteiger partial charge is 0.0126 e. The van der Waals surface area contributed by atoms with Crippen molar-refractivity contribution in [3.05, 3.63) is 59.2 Å². The molecule has 0 N–H and O–H groups in total. The minimum atomic E-state index is 0.719. The van der Waals surface area contributed by atoms with Crippen LogP contribution in [0.3, 0.4) is 0 Å². The second-order valence-corrected chi connectivity index (χ2v) is 9.46. The van der Waals surface area contributed by atoms with Gasteiger partial charge in [-0.1, -0.05) is 54.4 Å². The van der Waals surface area contributed by atoms with Gasteiger partial charge in [0.25, 0.3) is 0 Å². The Morgan fingerprint density at radius 3 is 2.33 bits per heavy atom. The van der Waals surface area contributed by atoms with Gasteiger partial charge in [-0.15, -0.1) is 0 Å². The van der Waals surface area contributed by atoms with E-state index in [1.54, 1.807) is 5.56 Å².